The van der Waals surface area contributed by atoms with E-state index < -0.39 is 36.8 Å². The van der Waals surface area contributed by atoms with Crippen LogP contribution in [0.5, 0.6) is 0 Å². The van der Waals surface area contributed by atoms with Gasteiger partial charge in [-0.25, -0.2) is 18.3 Å². The zero-order valence-electron chi connectivity index (χ0n) is 10.1. The SMILES string of the molecule is Nc1nc2nc[nH]c2c(=O)n1[C@H]1C[C@H](F)[C@@](F)(CO)O1. The van der Waals surface area contributed by atoms with E-state index in [1.807, 2.05) is 0 Å². The molecule has 0 unspecified atom stereocenters. The molecule has 2 aromatic rings. The van der Waals surface area contributed by atoms with Crippen molar-refractivity contribution < 1.29 is 18.6 Å². The number of imidazole rings is 1. The van der Waals surface area contributed by atoms with Gasteiger partial charge in [-0.2, -0.15) is 4.98 Å². The van der Waals surface area contributed by atoms with Crippen LogP contribution in [0.2, 0.25) is 0 Å². The van der Waals surface area contributed by atoms with Crippen LogP contribution in [0.25, 0.3) is 11.2 Å². The van der Waals surface area contributed by atoms with Crippen LogP contribution in [-0.4, -0.2) is 43.3 Å². The van der Waals surface area contributed by atoms with E-state index in [4.69, 9.17) is 15.6 Å². The molecule has 0 radical (unpaired) electrons. The van der Waals surface area contributed by atoms with Crippen LogP contribution in [0.3, 0.4) is 0 Å². The van der Waals surface area contributed by atoms with Gasteiger partial charge in [0.1, 0.15) is 12.8 Å². The van der Waals surface area contributed by atoms with E-state index in [2.05, 4.69) is 15.0 Å². The summed E-state index contributed by atoms with van der Waals surface area (Å²) < 4.78 is 33.1. The van der Waals surface area contributed by atoms with Crippen molar-refractivity contribution in [3.63, 3.8) is 0 Å². The Morgan fingerprint density at radius 1 is 1.70 bits per heavy atom. The van der Waals surface area contributed by atoms with Gasteiger partial charge in [-0.1, -0.05) is 0 Å². The predicted octanol–water partition coefficient (Wildman–Crippen LogP) is -0.383. The second kappa shape index (κ2) is 4.21. The van der Waals surface area contributed by atoms with Crippen molar-refractivity contribution in [1.82, 2.24) is 19.5 Å². The Kier molecular flexibility index (Phi) is 2.73. The van der Waals surface area contributed by atoms with Gasteiger partial charge in [0.05, 0.1) is 6.33 Å². The molecule has 3 rings (SSSR count). The maximum atomic E-state index is 13.8. The number of aliphatic hydroxyl groups excluding tert-OH is 1. The normalized spacial score (nSPS) is 30.1. The van der Waals surface area contributed by atoms with Crippen molar-refractivity contribution in [3.8, 4) is 0 Å². The standard InChI is InChI=1S/C10H11F2N5O3/c11-4-1-5(20-10(4,12)2-18)17-8(19)6-7(15-3-14-6)16-9(17)13/h3-5,18H,1-2H2,(H2,13,16)(H,14,15)/t4-,5+,10+/m0/s1. The number of rotatable bonds is 2. The van der Waals surface area contributed by atoms with Gasteiger partial charge in [0.15, 0.2) is 17.3 Å². The number of nitrogens with zero attached hydrogens (tertiary/aromatic N) is 3. The van der Waals surface area contributed by atoms with Crippen LogP contribution in [0, 0.1) is 0 Å². The van der Waals surface area contributed by atoms with E-state index in [1.165, 1.54) is 6.33 Å². The van der Waals surface area contributed by atoms with E-state index >= 15 is 0 Å². The number of anilines is 1. The predicted molar refractivity (Wildman–Crippen MR) is 63.1 cm³/mol. The van der Waals surface area contributed by atoms with Crippen LogP contribution < -0.4 is 11.3 Å². The zero-order chi connectivity index (χ0) is 14.5. The molecule has 1 saturated heterocycles. The van der Waals surface area contributed by atoms with Crippen molar-refractivity contribution in [2.45, 2.75) is 24.7 Å². The molecule has 20 heavy (non-hydrogen) atoms. The third kappa shape index (κ3) is 1.68. The monoisotopic (exact) mass is 287 g/mol. The number of ether oxygens (including phenoxy) is 1. The first-order chi connectivity index (χ1) is 9.46. The summed E-state index contributed by atoms with van der Waals surface area (Å²) in [4.78, 5) is 22.4. The van der Waals surface area contributed by atoms with Gasteiger partial charge in [0.2, 0.25) is 5.95 Å². The fourth-order valence-corrected chi connectivity index (χ4v) is 2.19. The van der Waals surface area contributed by atoms with Gasteiger partial charge in [0, 0.05) is 6.42 Å². The van der Waals surface area contributed by atoms with Gasteiger partial charge in [-0.05, 0) is 0 Å². The second-order valence-corrected chi connectivity index (χ2v) is 4.47. The van der Waals surface area contributed by atoms with Crippen molar-refractivity contribution in [3.05, 3.63) is 16.7 Å². The number of nitrogens with one attached hydrogen (secondary N) is 1. The van der Waals surface area contributed by atoms with Crippen LogP contribution in [0.15, 0.2) is 11.1 Å². The van der Waals surface area contributed by atoms with Crippen LogP contribution in [-0.2, 0) is 4.74 Å². The van der Waals surface area contributed by atoms with E-state index in [-0.39, 0.29) is 17.1 Å². The number of aromatic amines is 1. The lowest BCUT2D eigenvalue weighted by Crippen LogP contribution is -2.36. The number of halogens is 2. The molecule has 1 fully saturated rings. The van der Waals surface area contributed by atoms with Crippen molar-refractivity contribution in [1.29, 1.82) is 0 Å². The number of hydrogen-bond donors (Lipinski definition) is 3. The largest absolute Gasteiger partial charge is 0.390 e. The quantitative estimate of drug-likeness (QED) is 0.692. The molecular weight excluding hydrogens is 276 g/mol. The summed E-state index contributed by atoms with van der Waals surface area (Å²) in [6.07, 6.45) is -2.55. The molecule has 108 valence electrons. The molecular formula is C10H11F2N5O3. The van der Waals surface area contributed by atoms with Crippen LogP contribution in [0.1, 0.15) is 12.6 Å². The molecule has 0 bridgehead atoms. The number of nitrogen functional groups attached to an aromatic ring is 1. The molecule has 3 atom stereocenters. The number of aromatic nitrogens is 4. The summed E-state index contributed by atoms with van der Waals surface area (Å²) >= 11 is 0. The minimum atomic E-state index is -2.85. The molecule has 0 aromatic carbocycles. The summed E-state index contributed by atoms with van der Waals surface area (Å²) in [5, 5.41) is 8.85. The van der Waals surface area contributed by atoms with Gasteiger partial charge in [-0.15, -0.1) is 0 Å². The van der Waals surface area contributed by atoms with Gasteiger partial charge < -0.3 is 20.6 Å². The lowest BCUT2D eigenvalue weighted by molar-refractivity contribution is -0.195. The molecule has 10 heteroatoms. The summed E-state index contributed by atoms with van der Waals surface area (Å²) in [6.45, 7) is -1.15. The average Bonchev–Trinajstić information content (AvgIpc) is 2.96. The van der Waals surface area contributed by atoms with Crippen molar-refractivity contribution in [2.24, 2.45) is 0 Å². The first-order valence-corrected chi connectivity index (χ1v) is 5.79. The molecule has 0 aliphatic carbocycles. The van der Waals surface area contributed by atoms with Crippen LogP contribution in [0.4, 0.5) is 14.7 Å². The molecule has 0 amide bonds. The minimum absolute atomic E-state index is 0.0542. The number of aliphatic hydroxyl groups is 1. The van der Waals surface area contributed by atoms with Crippen molar-refractivity contribution >= 4 is 17.1 Å². The summed E-state index contributed by atoms with van der Waals surface area (Å²) in [5.74, 6) is -3.12. The minimum Gasteiger partial charge on any atom is -0.390 e. The zero-order valence-corrected chi connectivity index (χ0v) is 10.1. The smallest absolute Gasteiger partial charge is 0.283 e. The molecule has 0 saturated carbocycles. The second-order valence-electron chi connectivity index (χ2n) is 4.47. The highest BCUT2D eigenvalue weighted by Crippen LogP contribution is 2.39. The van der Waals surface area contributed by atoms with Gasteiger partial charge in [0.25, 0.3) is 11.4 Å². The Morgan fingerprint density at radius 3 is 3.10 bits per heavy atom. The first-order valence-electron chi connectivity index (χ1n) is 5.79. The Bertz CT molecular complexity index is 716. The van der Waals surface area contributed by atoms with Crippen molar-refractivity contribution in [2.75, 3.05) is 12.3 Å². The van der Waals surface area contributed by atoms with Gasteiger partial charge in [-0.3, -0.25) is 4.79 Å². The summed E-state index contributed by atoms with van der Waals surface area (Å²) in [7, 11) is 0. The molecule has 2 aromatic heterocycles. The van der Waals surface area contributed by atoms with E-state index in [0.717, 1.165) is 4.57 Å². The number of alkyl halides is 2. The number of nitrogens with two attached hydrogens (primary N) is 1. The highest BCUT2D eigenvalue weighted by atomic mass is 19.2. The highest BCUT2D eigenvalue weighted by Gasteiger charge is 2.51. The fraction of sp³-hybridized carbons (Fsp3) is 0.500. The number of hydrogen-bond acceptors (Lipinski definition) is 6. The van der Waals surface area contributed by atoms with Crippen LogP contribution >= 0.6 is 0 Å². The summed E-state index contributed by atoms with van der Waals surface area (Å²) in [5.41, 5.74) is 5.12. The molecule has 3 heterocycles. The van der Waals surface area contributed by atoms with Gasteiger partial charge >= 0.3 is 0 Å². The van der Waals surface area contributed by atoms with E-state index in [1.54, 1.807) is 0 Å². The Labute approximate surface area is 110 Å². The first kappa shape index (κ1) is 12.9. The van der Waals surface area contributed by atoms with E-state index in [9.17, 15) is 13.6 Å². The average molecular weight is 287 g/mol. The maximum Gasteiger partial charge on any atom is 0.283 e. The third-order valence-corrected chi connectivity index (χ3v) is 3.23. The Balaban J connectivity index is 2.10. The molecule has 1 aliphatic heterocycles. The Morgan fingerprint density at radius 2 is 2.45 bits per heavy atom. The number of H-pyrrole nitrogens is 1. The summed E-state index contributed by atoms with van der Waals surface area (Å²) in [6, 6.07) is 0. The Hall–Kier alpha value is -2.07. The lowest BCUT2D eigenvalue weighted by Gasteiger charge is -2.20. The van der Waals surface area contributed by atoms with E-state index in [0.29, 0.717) is 0 Å². The maximum absolute atomic E-state index is 13.8. The third-order valence-electron chi connectivity index (χ3n) is 3.23. The molecule has 8 nitrogen and oxygen atoms in total. The molecule has 4 N–H and O–H groups in total. The topological polar surface area (TPSA) is 119 Å². The lowest BCUT2D eigenvalue weighted by atomic mass is 10.2. The fourth-order valence-electron chi connectivity index (χ4n) is 2.19. The number of fused-ring (bicyclic) bond motifs is 1. The molecule has 0 spiro atoms. The highest BCUT2D eigenvalue weighted by molar-refractivity contribution is 5.69. The molecule has 1 aliphatic rings.